The van der Waals surface area contributed by atoms with Crippen molar-refractivity contribution in [2.75, 3.05) is 23.7 Å². The monoisotopic (exact) mass is 971 g/mol. The fourth-order valence-corrected chi connectivity index (χ4v) is 13.7. The van der Waals surface area contributed by atoms with Crippen LogP contribution in [-0.4, -0.2) is 72.0 Å². The standard InChI is InChI=1S/C55H71ClN2O9S/c1-36-25-28-41-37(2)50(64-51-55(41)40(36)31-32-54(7,65-51)66-67-55)63-48(59)24-9-8-14-33-57-44-22-12-10-20-42(44)52(3,4)46(57)29-26-38-18-17-19-39(49(38)56)27-30-47-53(5,6)43-21-11-13-23-45(43)58(47)34-15-16-35-68(60,61)62/h10-13,20-23,26-27,29-30,36-37,40-41,50-51H,8-9,14-19,24-25,28,31-35H2,1-7H3/p+1/t36-,37-,40+,41+,50?,51-,54-,55-/m1/s1. The minimum atomic E-state index is -4.01. The van der Waals surface area contributed by atoms with Crippen molar-refractivity contribution in [2.24, 2.45) is 23.7 Å². The van der Waals surface area contributed by atoms with Crippen molar-refractivity contribution in [1.29, 1.82) is 0 Å². The molecule has 2 aromatic carbocycles. The van der Waals surface area contributed by atoms with Crippen LogP contribution in [0.25, 0.3) is 0 Å². The number of hydrogen-bond acceptors (Lipinski definition) is 9. The summed E-state index contributed by atoms with van der Waals surface area (Å²) < 4.78 is 53.8. The Morgan fingerprint density at radius 2 is 1.65 bits per heavy atom. The Morgan fingerprint density at radius 1 is 0.882 bits per heavy atom. The molecule has 2 aliphatic carbocycles. The molecule has 1 saturated carbocycles. The van der Waals surface area contributed by atoms with E-state index >= 15 is 0 Å². The van der Waals surface area contributed by atoms with Crippen LogP contribution in [0.4, 0.5) is 11.4 Å². The first-order valence-electron chi connectivity index (χ1n) is 25.3. The molecule has 8 atom stereocenters. The van der Waals surface area contributed by atoms with Crippen molar-refractivity contribution in [3.8, 4) is 0 Å². The van der Waals surface area contributed by atoms with E-state index in [4.69, 9.17) is 35.6 Å². The van der Waals surface area contributed by atoms with Crippen molar-refractivity contribution < 1.29 is 46.3 Å². The van der Waals surface area contributed by atoms with Crippen molar-refractivity contribution >= 4 is 44.8 Å². The molecule has 6 heterocycles. The minimum Gasteiger partial charge on any atom is -0.435 e. The smallest absolute Gasteiger partial charge is 0.308 e. The topological polar surface area (TPSA) is 124 Å². The summed E-state index contributed by atoms with van der Waals surface area (Å²) in [6.45, 7) is 16.8. The van der Waals surface area contributed by atoms with E-state index in [0.717, 1.165) is 91.9 Å². The summed E-state index contributed by atoms with van der Waals surface area (Å²) in [5.74, 6) is -0.596. The molecule has 2 bridgehead atoms. The quantitative estimate of drug-likeness (QED) is 0.0606. The molecule has 1 unspecified atom stereocenters. The number of esters is 1. The van der Waals surface area contributed by atoms with Crippen LogP contribution in [0, 0.1) is 23.7 Å². The van der Waals surface area contributed by atoms with Gasteiger partial charge in [0.25, 0.3) is 10.1 Å². The molecule has 0 amide bonds. The Bertz CT molecular complexity index is 2540. The summed E-state index contributed by atoms with van der Waals surface area (Å²) in [5.41, 5.74) is 8.26. The van der Waals surface area contributed by atoms with Crippen LogP contribution in [0.3, 0.4) is 0 Å². The highest BCUT2D eigenvalue weighted by Crippen LogP contribution is 2.61. The predicted octanol–water partition coefficient (Wildman–Crippen LogP) is 11.9. The molecule has 4 saturated heterocycles. The van der Waals surface area contributed by atoms with Gasteiger partial charge in [-0.25, -0.2) is 9.78 Å². The number of carbonyl (C=O) groups is 1. The van der Waals surface area contributed by atoms with Gasteiger partial charge >= 0.3 is 5.97 Å². The lowest BCUT2D eigenvalue weighted by Crippen LogP contribution is -2.70. The maximum Gasteiger partial charge on any atom is 0.308 e. The van der Waals surface area contributed by atoms with E-state index in [2.05, 4.69) is 118 Å². The minimum absolute atomic E-state index is 0.0557. The molecule has 11 nitrogen and oxygen atoms in total. The number of allylic oxidation sites excluding steroid dienone is 8. The number of para-hydroxylation sites is 2. The first-order valence-corrected chi connectivity index (χ1v) is 27.3. The molecule has 10 rings (SSSR count). The SMILES string of the molecule is C[C@@H]1CC[C@H]2[C@@H](C)C(OC(=O)CCCCC[N+]3=C(C=CC4=C(Cl)C(=CC=C5N(CCCCS(=O)(=O)O)c6ccccc6C5(C)C)CCC4)C(C)(C)c4ccccc43)O[C@@H]3O[C@@]4(C)CC[C@@H]1[C@]32OO4. The largest absolute Gasteiger partial charge is 0.435 e. The first-order chi connectivity index (χ1) is 32.3. The van der Waals surface area contributed by atoms with Gasteiger partial charge in [-0.3, -0.25) is 9.35 Å². The van der Waals surface area contributed by atoms with E-state index in [1.165, 1.54) is 22.5 Å². The Morgan fingerprint density at radius 3 is 2.44 bits per heavy atom. The summed E-state index contributed by atoms with van der Waals surface area (Å²) in [4.78, 5) is 28.0. The van der Waals surface area contributed by atoms with Crippen LogP contribution in [-0.2, 0) is 49.7 Å². The second kappa shape index (κ2) is 19.2. The molecule has 5 fully saturated rings. The van der Waals surface area contributed by atoms with Crippen molar-refractivity contribution in [2.45, 2.75) is 167 Å². The molecule has 0 aromatic heterocycles. The fourth-order valence-electron chi connectivity index (χ4n) is 12.8. The molecule has 13 heteroatoms. The van der Waals surface area contributed by atoms with Crippen LogP contribution in [0.2, 0.25) is 0 Å². The highest BCUT2D eigenvalue weighted by molar-refractivity contribution is 7.85. The lowest BCUT2D eigenvalue weighted by atomic mass is 9.58. The Labute approximate surface area is 409 Å². The molecule has 6 aliphatic heterocycles. The zero-order valence-corrected chi connectivity index (χ0v) is 42.7. The fraction of sp³-hybridized carbons (Fsp3) is 0.600. The third-order valence-electron chi connectivity index (χ3n) is 16.6. The second-order valence-electron chi connectivity index (χ2n) is 21.8. The van der Waals surface area contributed by atoms with Crippen LogP contribution < -0.4 is 4.90 Å². The third kappa shape index (κ3) is 9.25. The number of ether oxygens (including phenoxy) is 3. The van der Waals surface area contributed by atoms with Gasteiger partial charge in [-0.1, -0.05) is 87.8 Å². The summed E-state index contributed by atoms with van der Waals surface area (Å²) in [5, 5.41) is 0.792. The third-order valence-corrected chi connectivity index (χ3v) is 17.9. The number of rotatable bonds is 15. The number of carbonyl (C=O) groups excluding carboxylic acids is 1. The predicted molar refractivity (Wildman–Crippen MR) is 265 cm³/mol. The highest BCUT2D eigenvalue weighted by Gasteiger charge is 2.70. The van der Waals surface area contributed by atoms with Gasteiger partial charge in [-0.15, -0.1) is 0 Å². The maximum absolute atomic E-state index is 13.4. The molecule has 8 aliphatic rings. The van der Waals surface area contributed by atoms with E-state index in [1.807, 2.05) is 13.0 Å². The van der Waals surface area contributed by atoms with Crippen LogP contribution in [0.15, 0.2) is 94.7 Å². The molecular formula is C55H72ClN2O9S+. The Kier molecular flexibility index (Phi) is 13.9. The molecule has 68 heavy (non-hydrogen) atoms. The summed E-state index contributed by atoms with van der Waals surface area (Å²) in [7, 11) is -4.01. The number of fused-ring (bicyclic) bond motifs is 4. The normalized spacial score (nSPS) is 32.8. The van der Waals surface area contributed by atoms with Crippen LogP contribution in [0.1, 0.15) is 143 Å². The van der Waals surface area contributed by atoms with E-state index in [0.29, 0.717) is 38.1 Å². The lowest BCUT2D eigenvalue weighted by molar-refractivity contribution is -0.576. The van der Waals surface area contributed by atoms with Crippen molar-refractivity contribution in [1.82, 2.24) is 0 Å². The van der Waals surface area contributed by atoms with Gasteiger partial charge in [0.1, 0.15) is 6.54 Å². The van der Waals surface area contributed by atoms with E-state index in [-0.39, 0.29) is 40.3 Å². The van der Waals surface area contributed by atoms with E-state index in [9.17, 15) is 17.8 Å². The molecule has 368 valence electrons. The summed E-state index contributed by atoms with van der Waals surface area (Å²) >= 11 is 7.31. The Balaban J connectivity index is 0.863. The van der Waals surface area contributed by atoms with E-state index < -0.39 is 34.1 Å². The first kappa shape index (κ1) is 49.4. The second-order valence-corrected chi connectivity index (χ2v) is 23.8. The zero-order valence-electron chi connectivity index (χ0n) is 41.1. The number of benzene rings is 2. The molecule has 2 aromatic rings. The van der Waals surface area contributed by atoms with Gasteiger partial charge in [-0.05, 0) is 126 Å². The number of hydrogen-bond donors (Lipinski definition) is 1. The Hall–Kier alpha value is -3.62. The zero-order chi connectivity index (χ0) is 48.2. The number of nitrogens with zero attached hydrogens (tertiary/aromatic N) is 2. The molecule has 1 spiro atoms. The number of unbranched alkanes of at least 4 members (excludes halogenated alkanes) is 3. The molecule has 0 radical (unpaired) electrons. The maximum atomic E-state index is 13.4. The van der Waals surface area contributed by atoms with Crippen molar-refractivity contribution in [3.05, 3.63) is 106 Å². The van der Waals surface area contributed by atoms with Gasteiger partial charge in [0, 0.05) is 77.2 Å². The van der Waals surface area contributed by atoms with Crippen LogP contribution in [0.5, 0.6) is 0 Å². The van der Waals surface area contributed by atoms with Gasteiger partial charge in [0.05, 0.1) is 11.2 Å². The highest BCUT2D eigenvalue weighted by atomic mass is 35.5. The van der Waals surface area contributed by atoms with E-state index in [1.54, 1.807) is 0 Å². The van der Waals surface area contributed by atoms with Gasteiger partial charge in [0.2, 0.25) is 17.8 Å². The summed E-state index contributed by atoms with van der Waals surface area (Å²) in [6, 6.07) is 17.1. The summed E-state index contributed by atoms with van der Waals surface area (Å²) in [6.07, 6.45) is 17.8. The van der Waals surface area contributed by atoms with Crippen molar-refractivity contribution in [3.63, 3.8) is 0 Å². The van der Waals surface area contributed by atoms with Crippen LogP contribution >= 0.6 is 11.6 Å². The molecular weight excluding hydrogens is 900 g/mol. The molecule has 1 N–H and O–H groups in total. The lowest BCUT2D eigenvalue weighted by Gasteiger charge is -2.59. The van der Waals surface area contributed by atoms with Gasteiger partial charge in [0.15, 0.2) is 17.6 Å². The number of anilines is 1. The van der Waals surface area contributed by atoms with Gasteiger partial charge in [-0.2, -0.15) is 13.0 Å². The van der Waals surface area contributed by atoms with Gasteiger partial charge < -0.3 is 19.1 Å². The average molecular weight is 973 g/mol. The number of halogens is 1. The average Bonchev–Trinajstić information content (AvgIpc) is 3.48.